The van der Waals surface area contributed by atoms with Crippen LogP contribution >= 0.6 is 0 Å². The third-order valence-electron chi connectivity index (χ3n) is 3.26. The highest BCUT2D eigenvalue weighted by Crippen LogP contribution is 2.27. The van der Waals surface area contributed by atoms with Gasteiger partial charge >= 0.3 is 0 Å². The van der Waals surface area contributed by atoms with Gasteiger partial charge in [0.15, 0.2) is 0 Å². The molecule has 2 N–H and O–H groups in total. The second-order valence-electron chi connectivity index (χ2n) is 4.49. The minimum Gasteiger partial charge on any atom is -0.372 e. The number of fused-ring (bicyclic) bond motifs is 1. The monoisotopic (exact) mass is 264 g/mol. The van der Waals surface area contributed by atoms with Gasteiger partial charge in [-0.3, -0.25) is 0 Å². The lowest BCUT2D eigenvalue weighted by atomic mass is 10.0. The van der Waals surface area contributed by atoms with E-state index in [4.69, 9.17) is 0 Å². The Balaban J connectivity index is 2.20. The molecule has 1 aromatic heterocycles. The summed E-state index contributed by atoms with van der Waals surface area (Å²) in [5.74, 6) is 1.45. The summed E-state index contributed by atoms with van der Waals surface area (Å²) in [6.07, 6.45) is 0. The van der Waals surface area contributed by atoms with Gasteiger partial charge < -0.3 is 10.6 Å². The number of rotatable bonds is 3. The quantitative estimate of drug-likeness (QED) is 0.761. The van der Waals surface area contributed by atoms with Crippen LogP contribution in [0.4, 0.5) is 11.8 Å². The molecule has 0 spiro atoms. The Labute approximate surface area is 117 Å². The van der Waals surface area contributed by atoms with Gasteiger partial charge in [0, 0.05) is 19.5 Å². The molecule has 1 heterocycles. The van der Waals surface area contributed by atoms with Gasteiger partial charge in [-0.2, -0.15) is 4.98 Å². The molecule has 4 nitrogen and oxygen atoms in total. The molecule has 0 bridgehead atoms. The number of hydrogen-bond acceptors (Lipinski definition) is 4. The lowest BCUT2D eigenvalue weighted by molar-refractivity contribution is 1.19. The molecule has 20 heavy (non-hydrogen) atoms. The van der Waals surface area contributed by atoms with Crippen LogP contribution in [-0.2, 0) is 0 Å². The van der Waals surface area contributed by atoms with Crippen molar-refractivity contribution in [2.45, 2.75) is 0 Å². The number of nitrogens with one attached hydrogen (secondary N) is 2. The molecule has 0 unspecified atom stereocenters. The number of hydrogen-bond donors (Lipinski definition) is 2. The minimum absolute atomic E-state index is 0.620. The molecule has 0 amide bonds. The van der Waals surface area contributed by atoms with E-state index in [1.807, 2.05) is 38.4 Å². The van der Waals surface area contributed by atoms with Gasteiger partial charge in [-0.1, -0.05) is 36.4 Å². The largest absolute Gasteiger partial charge is 0.372 e. The molecule has 0 saturated carbocycles. The van der Waals surface area contributed by atoms with Crippen LogP contribution in [0.1, 0.15) is 0 Å². The van der Waals surface area contributed by atoms with Gasteiger partial charge in [0.05, 0.1) is 5.52 Å². The highest BCUT2D eigenvalue weighted by atomic mass is 15.1. The van der Waals surface area contributed by atoms with E-state index in [0.29, 0.717) is 5.95 Å². The fraction of sp³-hybridized carbons (Fsp3) is 0.125. The first kappa shape index (κ1) is 12.4. The van der Waals surface area contributed by atoms with E-state index in [-0.39, 0.29) is 0 Å². The van der Waals surface area contributed by atoms with E-state index in [0.717, 1.165) is 22.3 Å². The smallest absolute Gasteiger partial charge is 0.224 e. The van der Waals surface area contributed by atoms with E-state index in [9.17, 15) is 0 Å². The predicted octanol–water partition coefficient (Wildman–Crippen LogP) is 3.38. The maximum Gasteiger partial charge on any atom is 0.224 e. The van der Waals surface area contributed by atoms with Crippen LogP contribution in [0.5, 0.6) is 0 Å². The topological polar surface area (TPSA) is 49.8 Å². The van der Waals surface area contributed by atoms with Crippen LogP contribution < -0.4 is 10.6 Å². The molecular formula is C16H16N4. The molecule has 3 aromatic rings. The van der Waals surface area contributed by atoms with Crippen LogP contribution in [0, 0.1) is 0 Å². The first-order valence-electron chi connectivity index (χ1n) is 6.54. The van der Waals surface area contributed by atoms with E-state index < -0.39 is 0 Å². The maximum absolute atomic E-state index is 4.47. The summed E-state index contributed by atoms with van der Waals surface area (Å²) in [7, 11) is 3.69. The summed E-state index contributed by atoms with van der Waals surface area (Å²) >= 11 is 0. The third-order valence-corrected chi connectivity index (χ3v) is 3.26. The van der Waals surface area contributed by atoms with Crippen LogP contribution in [0.2, 0.25) is 0 Å². The van der Waals surface area contributed by atoms with E-state index >= 15 is 0 Å². The molecule has 0 aliphatic carbocycles. The zero-order chi connectivity index (χ0) is 13.9. The normalized spacial score (nSPS) is 10.5. The fourth-order valence-electron chi connectivity index (χ4n) is 2.24. The van der Waals surface area contributed by atoms with E-state index in [1.54, 1.807) is 0 Å². The van der Waals surface area contributed by atoms with Crippen molar-refractivity contribution in [2.75, 3.05) is 24.7 Å². The number of nitrogens with zero attached hydrogens (tertiary/aromatic N) is 2. The van der Waals surface area contributed by atoms with Gasteiger partial charge in [0.25, 0.3) is 0 Å². The minimum atomic E-state index is 0.620. The Bertz CT molecular complexity index is 738. The predicted molar refractivity (Wildman–Crippen MR) is 84.1 cm³/mol. The Morgan fingerprint density at radius 2 is 1.60 bits per heavy atom. The van der Waals surface area contributed by atoms with Gasteiger partial charge in [-0.25, -0.2) is 4.98 Å². The Morgan fingerprint density at radius 1 is 0.800 bits per heavy atom. The molecule has 4 heteroatoms. The number of anilines is 2. The van der Waals surface area contributed by atoms with Gasteiger partial charge in [0.1, 0.15) is 5.82 Å². The number of benzene rings is 2. The summed E-state index contributed by atoms with van der Waals surface area (Å²) in [5.41, 5.74) is 3.28. The van der Waals surface area contributed by atoms with E-state index in [1.165, 1.54) is 5.56 Å². The van der Waals surface area contributed by atoms with Crippen LogP contribution in [0.3, 0.4) is 0 Å². The van der Waals surface area contributed by atoms with Crippen molar-refractivity contribution in [3.63, 3.8) is 0 Å². The standard InChI is InChI=1S/C16H16N4/c1-17-15-13-10-12(11-6-4-3-5-7-11)8-9-14(13)19-16(18-2)20-15/h3-10H,1-2H3,(H2,17,18,19,20). The third kappa shape index (κ3) is 2.16. The Kier molecular flexibility index (Phi) is 3.21. The average molecular weight is 264 g/mol. The summed E-state index contributed by atoms with van der Waals surface area (Å²) in [4.78, 5) is 8.91. The highest BCUT2D eigenvalue weighted by Gasteiger charge is 2.07. The maximum atomic E-state index is 4.47. The SMILES string of the molecule is CNc1nc(NC)c2cc(-c3ccccc3)ccc2n1. The van der Waals surface area contributed by atoms with Crippen molar-refractivity contribution >= 4 is 22.7 Å². The van der Waals surface area contributed by atoms with Crippen molar-refractivity contribution in [1.82, 2.24) is 9.97 Å². The molecule has 0 fully saturated rings. The lowest BCUT2D eigenvalue weighted by Crippen LogP contribution is -2.01. The van der Waals surface area contributed by atoms with Gasteiger partial charge in [-0.05, 0) is 23.3 Å². The zero-order valence-corrected chi connectivity index (χ0v) is 11.5. The molecule has 0 aliphatic rings. The Morgan fingerprint density at radius 3 is 2.30 bits per heavy atom. The summed E-state index contributed by atoms with van der Waals surface area (Å²) in [6.45, 7) is 0. The van der Waals surface area contributed by atoms with Crippen molar-refractivity contribution in [3.05, 3.63) is 48.5 Å². The van der Waals surface area contributed by atoms with Crippen molar-refractivity contribution in [2.24, 2.45) is 0 Å². The summed E-state index contributed by atoms with van der Waals surface area (Å²) in [6, 6.07) is 16.5. The van der Waals surface area contributed by atoms with E-state index in [2.05, 4.69) is 44.9 Å². The zero-order valence-electron chi connectivity index (χ0n) is 11.5. The molecular weight excluding hydrogens is 248 g/mol. The summed E-state index contributed by atoms with van der Waals surface area (Å²) in [5, 5.41) is 7.13. The van der Waals surface area contributed by atoms with Crippen molar-refractivity contribution in [3.8, 4) is 11.1 Å². The van der Waals surface area contributed by atoms with Gasteiger partial charge in [-0.15, -0.1) is 0 Å². The molecule has 0 aliphatic heterocycles. The molecule has 3 rings (SSSR count). The molecule has 0 saturated heterocycles. The first-order chi connectivity index (χ1) is 9.81. The van der Waals surface area contributed by atoms with Crippen LogP contribution in [0.15, 0.2) is 48.5 Å². The van der Waals surface area contributed by atoms with Crippen LogP contribution in [0.25, 0.3) is 22.0 Å². The first-order valence-corrected chi connectivity index (χ1v) is 6.54. The summed E-state index contributed by atoms with van der Waals surface area (Å²) < 4.78 is 0. The van der Waals surface area contributed by atoms with Crippen molar-refractivity contribution < 1.29 is 0 Å². The number of aromatic nitrogens is 2. The van der Waals surface area contributed by atoms with Crippen LogP contribution in [-0.4, -0.2) is 24.1 Å². The lowest BCUT2D eigenvalue weighted by Gasteiger charge is -2.09. The second-order valence-corrected chi connectivity index (χ2v) is 4.49. The fourth-order valence-corrected chi connectivity index (χ4v) is 2.24. The Hall–Kier alpha value is -2.62. The highest BCUT2D eigenvalue weighted by molar-refractivity contribution is 5.93. The molecule has 2 aromatic carbocycles. The van der Waals surface area contributed by atoms with Crippen molar-refractivity contribution in [1.29, 1.82) is 0 Å². The van der Waals surface area contributed by atoms with Gasteiger partial charge in [0.2, 0.25) is 5.95 Å². The molecule has 100 valence electrons. The molecule has 0 atom stereocenters. The second kappa shape index (κ2) is 5.17. The average Bonchev–Trinajstić information content (AvgIpc) is 2.54. The molecule has 0 radical (unpaired) electrons.